The van der Waals surface area contributed by atoms with Gasteiger partial charge in [0.15, 0.2) is 0 Å². The van der Waals surface area contributed by atoms with Crippen molar-refractivity contribution < 1.29 is 14.3 Å². The second-order valence-electron chi connectivity index (χ2n) is 5.56. The van der Waals surface area contributed by atoms with Gasteiger partial charge in [0.2, 0.25) is 11.8 Å². The van der Waals surface area contributed by atoms with Gasteiger partial charge in [-0.2, -0.15) is 0 Å². The Balaban J connectivity index is 1.89. The first-order chi connectivity index (χ1) is 11.9. The van der Waals surface area contributed by atoms with Crippen molar-refractivity contribution in [3.8, 4) is 5.75 Å². The molecule has 2 aromatic carbocycles. The number of hydrogen-bond acceptors (Lipinski definition) is 4. The molecule has 0 fully saturated rings. The lowest BCUT2D eigenvalue weighted by Crippen LogP contribution is -2.21. The van der Waals surface area contributed by atoms with E-state index < -0.39 is 11.8 Å². The maximum absolute atomic E-state index is 12.0. The summed E-state index contributed by atoms with van der Waals surface area (Å²) in [6.07, 6.45) is -0.293. The van der Waals surface area contributed by atoms with Gasteiger partial charge in [0.1, 0.15) is 12.2 Å². The van der Waals surface area contributed by atoms with Gasteiger partial charge in [-0.1, -0.05) is 11.6 Å². The van der Waals surface area contributed by atoms with E-state index in [2.05, 4.69) is 10.6 Å². The van der Waals surface area contributed by atoms with E-state index in [1.807, 2.05) is 31.1 Å². The first-order valence-corrected chi connectivity index (χ1v) is 7.97. The second kappa shape index (κ2) is 8.39. The molecule has 6 nitrogen and oxygen atoms in total. The molecule has 2 aromatic rings. The summed E-state index contributed by atoms with van der Waals surface area (Å²) in [4.78, 5) is 25.9. The van der Waals surface area contributed by atoms with Crippen molar-refractivity contribution in [3.63, 3.8) is 0 Å². The molecular formula is C18H20ClN3O3. The molecule has 0 heterocycles. The Labute approximate surface area is 151 Å². The third kappa shape index (κ3) is 5.39. The number of anilines is 3. The molecule has 0 aliphatic rings. The Morgan fingerprint density at radius 1 is 1.00 bits per heavy atom. The van der Waals surface area contributed by atoms with Crippen LogP contribution in [0.2, 0.25) is 5.02 Å². The quantitative estimate of drug-likeness (QED) is 0.774. The van der Waals surface area contributed by atoms with Crippen molar-refractivity contribution in [1.29, 1.82) is 0 Å². The standard InChI is InChI=1S/C18H20ClN3O3/c1-22(2)14-7-4-12(5-8-14)20-17(23)11-18(24)21-13-6-9-16(25-3)15(19)10-13/h4-10H,11H2,1-3H3,(H,20,23)(H,21,24). The number of carbonyl (C=O) groups is 2. The van der Waals surface area contributed by atoms with Gasteiger partial charge in [0.05, 0.1) is 12.1 Å². The zero-order valence-corrected chi connectivity index (χ0v) is 15.1. The van der Waals surface area contributed by atoms with Crippen molar-refractivity contribution in [2.45, 2.75) is 6.42 Å². The van der Waals surface area contributed by atoms with E-state index in [0.29, 0.717) is 22.1 Å². The van der Waals surface area contributed by atoms with Crippen molar-refractivity contribution in [2.24, 2.45) is 0 Å². The van der Waals surface area contributed by atoms with E-state index >= 15 is 0 Å². The van der Waals surface area contributed by atoms with Gasteiger partial charge in [-0.3, -0.25) is 9.59 Å². The highest BCUT2D eigenvalue weighted by atomic mass is 35.5. The van der Waals surface area contributed by atoms with Gasteiger partial charge in [-0.05, 0) is 42.5 Å². The highest BCUT2D eigenvalue weighted by Gasteiger charge is 2.11. The van der Waals surface area contributed by atoms with Gasteiger partial charge in [-0.25, -0.2) is 0 Å². The number of carbonyl (C=O) groups excluding carboxylic acids is 2. The van der Waals surface area contributed by atoms with Crippen molar-refractivity contribution in [2.75, 3.05) is 36.7 Å². The zero-order chi connectivity index (χ0) is 18.4. The molecule has 132 valence electrons. The molecule has 0 aliphatic heterocycles. The van der Waals surface area contributed by atoms with Crippen molar-refractivity contribution in [1.82, 2.24) is 0 Å². The predicted octanol–water partition coefficient (Wildman–Crippen LogP) is 3.38. The smallest absolute Gasteiger partial charge is 0.233 e. The number of ether oxygens (including phenoxy) is 1. The average Bonchev–Trinajstić information content (AvgIpc) is 2.55. The molecule has 7 heteroatoms. The highest BCUT2D eigenvalue weighted by Crippen LogP contribution is 2.27. The van der Waals surface area contributed by atoms with Crippen LogP contribution >= 0.6 is 11.6 Å². The minimum Gasteiger partial charge on any atom is -0.495 e. The lowest BCUT2D eigenvalue weighted by atomic mass is 10.2. The van der Waals surface area contributed by atoms with Gasteiger partial charge in [0, 0.05) is 31.2 Å². The van der Waals surface area contributed by atoms with E-state index in [1.54, 1.807) is 30.3 Å². The lowest BCUT2D eigenvalue weighted by molar-refractivity contribution is -0.123. The fourth-order valence-electron chi connectivity index (χ4n) is 2.14. The average molecular weight is 362 g/mol. The molecule has 0 unspecified atom stereocenters. The molecule has 0 bridgehead atoms. The molecule has 0 spiro atoms. The van der Waals surface area contributed by atoms with Crippen LogP contribution in [0.3, 0.4) is 0 Å². The molecule has 0 aliphatic carbocycles. The van der Waals surface area contributed by atoms with Crippen LogP contribution in [0.4, 0.5) is 17.1 Å². The number of nitrogens with one attached hydrogen (secondary N) is 2. The first kappa shape index (κ1) is 18.6. The maximum Gasteiger partial charge on any atom is 0.233 e. The molecular weight excluding hydrogens is 342 g/mol. The Hall–Kier alpha value is -2.73. The van der Waals surface area contributed by atoms with Crippen LogP contribution in [0.1, 0.15) is 6.42 Å². The lowest BCUT2D eigenvalue weighted by Gasteiger charge is -2.13. The molecule has 0 saturated carbocycles. The highest BCUT2D eigenvalue weighted by molar-refractivity contribution is 6.32. The largest absolute Gasteiger partial charge is 0.495 e. The van der Waals surface area contributed by atoms with Crippen molar-refractivity contribution in [3.05, 3.63) is 47.5 Å². The van der Waals surface area contributed by atoms with Gasteiger partial charge in [-0.15, -0.1) is 0 Å². The Morgan fingerprint density at radius 2 is 1.56 bits per heavy atom. The predicted molar refractivity (Wildman–Crippen MR) is 101 cm³/mol. The van der Waals surface area contributed by atoms with Crippen LogP contribution in [0.25, 0.3) is 0 Å². The van der Waals surface area contributed by atoms with Gasteiger partial charge in [0.25, 0.3) is 0 Å². The summed E-state index contributed by atoms with van der Waals surface area (Å²) in [5, 5.41) is 5.70. The monoisotopic (exact) mass is 361 g/mol. The van der Waals surface area contributed by atoms with Crippen LogP contribution in [0.15, 0.2) is 42.5 Å². The third-order valence-corrected chi connectivity index (χ3v) is 3.72. The van der Waals surface area contributed by atoms with Gasteiger partial charge >= 0.3 is 0 Å². The molecule has 0 aromatic heterocycles. The molecule has 0 atom stereocenters. The number of hydrogen-bond donors (Lipinski definition) is 2. The molecule has 2 N–H and O–H groups in total. The van der Waals surface area contributed by atoms with Crippen molar-refractivity contribution >= 4 is 40.5 Å². The first-order valence-electron chi connectivity index (χ1n) is 7.59. The Morgan fingerprint density at radius 3 is 2.08 bits per heavy atom. The van der Waals surface area contributed by atoms with E-state index in [4.69, 9.17) is 16.3 Å². The van der Waals surface area contributed by atoms with E-state index in [-0.39, 0.29) is 6.42 Å². The zero-order valence-electron chi connectivity index (χ0n) is 14.3. The number of rotatable bonds is 6. The fraction of sp³-hybridized carbons (Fsp3) is 0.222. The number of methoxy groups -OCH3 is 1. The molecule has 2 rings (SSSR count). The summed E-state index contributed by atoms with van der Waals surface area (Å²) in [6, 6.07) is 12.2. The summed E-state index contributed by atoms with van der Waals surface area (Å²) in [6.45, 7) is 0. The number of nitrogens with zero attached hydrogens (tertiary/aromatic N) is 1. The Bertz CT molecular complexity index is 761. The summed E-state index contributed by atoms with van der Waals surface area (Å²) >= 11 is 6.00. The van der Waals surface area contributed by atoms with E-state index in [1.165, 1.54) is 7.11 Å². The molecule has 2 amide bonds. The van der Waals surface area contributed by atoms with Crippen LogP contribution in [-0.4, -0.2) is 33.0 Å². The van der Waals surface area contributed by atoms with Crippen LogP contribution in [0.5, 0.6) is 5.75 Å². The minimum atomic E-state index is -0.427. The van der Waals surface area contributed by atoms with Crippen LogP contribution < -0.4 is 20.3 Å². The normalized spacial score (nSPS) is 10.1. The topological polar surface area (TPSA) is 70.7 Å². The van der Waals surface area contributed by atoms with Crippen LogP contribution in [0, 0.1) is 0 Å². The fourth-order valence-corrected chi connectivity index (χ4v) is 2.40. The molecule has 25 heavy (non-hydrogen) atoms. The van der Waals surface area contributed by atoms with E-state index in [0.717, 1.165) is 5.69 Å². The summed E-state index contributed by atoms with van der Waals surface area (Å²) < 4.78 is 5.05. The Kier molecular flexibility index (Phi) is 6.25. The summed E-state index contributed by atoms with van der Waals surface area (Å²) in [5.74, 6) is -0.308. The third-order valence-electron chi connectivity index (χ3n) is 3.42. The minimum absolute atomic E-state index is 0.293. The molecule has 0 saturated heterocycles. The number of amides is 2. The summed E-state index contributed by atoms with van der Waals surface area (Å²) in [7, 11) is 5.38. The molecule has 0 radical (unpaired) electrons. The SMILES string of the molecule is COc1ccc(NC(=O)CC(=O)Nc2ccc(N(C)C)cc2)cc1Cl. The van der Waals surface area contributed by atoms with Crippen LogP contribution in [-0.2, 0) is 9.59 Å². The van der Waals surface area contributed by atoms with E-state index in [9.17, 15) is 9.59 Å². The summed E-state index contributed by atoms with van der Waals surface area (Å²) in [5.41, 5.74) is 2.15. The van der Waals surface area contributed by atoms with Gasteiger partial charge < -0.3 is 20.3 Å². The second-order valence-corrected chi connectivity index (χ2v) is 5.97. The number of benzene rings is 2. The maximum atomic E-state index is 12.0. The number of halogens is 1.